The van der Waals surface area contributed by atoms with E-state index in [-0.39, 0.29) is 18.6 Å². The van der Waals surface area contributed by atoms with Crippen LogP contribution in [0.15, 0.2) is 22.7 Å². The molecule has 4 nitrogen and oxygen atoms in total. The summed E-state index contributed by atoms with van der Waals surface area (Å²) < 4.78 is 13.7. The average molecular weight is 333 g/mol. The number of urea groups is 1. The van der Waals surface area contributed by atoms with Crippen molar-refractivity contribution in [3.8, 4) is 0 Å². The average Bonchev–Trinajstić information content (AvgIpc) is 2.30. The first kappa shape index (κ1) is 15.9. The minimum absolute atomic E-state index is 0.0603. The maximum Gasteiger partial charge on any atom is 0.322 e. The predicted molar refractivity (Wildman–Crippen MR) is 76.6 cm³/mol. The van der Waals surface area contributed by atoms with Crippen LogP contribution in [0.5, 0.6) is 0 Å². The van der Waals surface area contributed by atoms with Gasteiger partial charge in [0.05, 0.1) is 10.6 Å². The molecule has 0 aliphatic rings. The van der Waals surface area contributed by atoms with Crippen LogP contribution in [-0.4, -0.2) is 34.7 Å². The van der Waals surface area contributed by atoms with Gasteiger partial charge in [0.25, 0.3) is 0 Å². The lowest BCUT2D eigenvalue weighted by molar-refractivity contribution is 0.125. The molecule has 0 bridgehead atoms. The number of aliphatic hydroxyl groups excluding tert-OH is 1. The van der Waals surface area contributed by atoms with Crippen LogP contribution in [0, 0.1) is 5.82 Å². The number of nitrogens with one attached hydrogen (secondary N) is 1. The summed E-state index contributed by atoms with van der Waals surface area (Å²) in [4.78, 5) is 13.5. The second-order valence-electron chi connectivity index (χ2n) is 4.65. The number of aliphatic hydroxyl groups is 1. The molecule has 0 aliphatic heterocycles. The molecule has 0 aromatic heterocycles. The van der Waals surface area contributed by atoms with E-state index in [1.807, 2.05) is 13.8 Å². The number of anilines is 1. The highest BCUT2D eigenvalue weighted by atomic mass is 79.9. The van der Waals surface area contributed by atoms with Gasteiger partial charge < -0.3 is 15.3 Å². The van der Waals surface area contributed by atoms with Crippen LogP contribution in [0.1, 0.15) is 20.8 Å². The second-order valence-corrected chi connectivity index (χ2v) is 5.51. The number of benzene rings is 1. The fraction of sp³-hybridized carbons (Fsp3) is 0.462. The van der Waals surface area contributed by atoms with Gasteiger partial charge in [-0.15, -0.1) is 0 Å². The Hall–Kier alpha value is -1.14. The normalized spacial score (nSPS) is 12.4. The fourth-order valence-electron chi connectivity index (χ4n) is 1.58. The van der Waals surface area contributed by atoms with E-state index in [0.717, 1.165) is 0 Å². The van der Waals surface area contributed by atoms with E-state index in [1.165, 1.54) is 17.0 Å². The number of rotatable bonds is 4. The van der Waals surface area contributed by atoms with Crippen LogP contribution in [0.2, 0.25) is 0 Å². The number of carbonyl (C=O) groups is 1. The zero-order valence-electron chi connectivity index (χ0n) is 11.2. The topological polar surface area (TPSA) is 52.6 Å². The zero-order chi connectivity index (χ0) is 14.6. The molecule has 0 heterocycles. The number of nitrogens with zero attached hydrogens (tertiary/aromatic N) is 1. The van der Waals surface area contributed by atoms with E-state index in [9.17, 15) is 14.3 Å². The Morgan fingerprint density at radius 1 is 1.47 bits per heavy atom. The maximum absolute atomic E-state index is 13.3. The standard InChI is InChI=1S/C13H18BrFN2O2/c1-8(2)17(7-9(3)18)13(19)16-10-4-5-11(14)12(15)6-10/h4-6,8-9,18H,7H2,1-3H3,(H,16,19). The summed E-state index contributed by atoms with van der Waals surface area (Å²) in [6.07, 6.45) is -0.616. The number of amides is 2. The summed E-state index contributed by atoms with van der Waals surface area (Å²) in [5.74, 6) is -0.440. The number of halogens is 2. The van der Waals surface area contributed by atoms with Gasteiger partial charge in [-0.3, -0.25) is 0 Å². The van der Waals surface area contributed by atoms with Crippen molar-refractivity contribution in [1.29, 1.82) is 0 Å². The van der Waals surface area contributed by atoms with Crippen molar-refractivity contribution in [2.24, 2.45) is 0 Å². The van der Waals surface area contributed by atoms with Crippen molar-refractivity contribution >= 4 is 27.6 Å². The highest BCUT2D eigenvalue weighted by Crippen LogP contribution is 2.19. The van der Waals surface area contributed by atoms with Gasteiger partial charge in [0, 0.05) is 18.3 Å². The number of hydrogen-bond acceptors (Lipinski definition) is 2. The highest BCUT2D eigenvalue weighted by molar-refractivity contribution is 9.10. The van der Waals surface area contributed by atoms with Crippen LogP contribution in [0.25, 0.3) is 0 Å². The lowest BCUT2D eigenvalue weighted by atomic mass is 10.2. The van der Waals surface area contributed by atoms with E-state index >= 15 is 0 Å². The van der Waals surface area contributed by atoms with Gasteiger partial charge in [-0.05, 0) is 54.9 Å². The van der Waals surface area contributed by atoms with E-state index in [0.29, 0.717) is 10.2 Å². The summed E-state index contributed by atoms with van der Waals surface area (Å²) in [5.41, 5.74) is 0.377. The molecule has 1 unspecified atom stereocenters. The van der Waals surface area contributed by atoms with Crippen molar-refractivity contribution in [3.63, 3.8) is 0 Å². The molecule has 0 saturated heterocycles. The van der Waals surface area contributed by atoms with Gasteiger partial charge >= 0.3 is 6.03 Å². The summed E-state index contributed by atoms with van der Waals surface area (Å²) in [6.45, 7) is 5.54. The van der Waals surface area contributed by atoms with Crippen LogP contribution in [0.3, 0.4) is 0 Å². The molecule has 1 atom stereocenters. The molecule has 0 spiro atoms. The molecule has 106 valence electrons. The Bertz CT molecular complexity index is 452. The molecule has 1 aromatic carbocycles. The summed E-state index contributed by atoms with van der Waals surface area (Å²) >= 11 is 3.05. The van der Waals surface area contributed by atoms with Gasteiger partial charge in [0.2, 0.25) is 0 Å². The first-order chi connectivity index (χ1) is 8.81. The van der Waals surface area contributed by atoms with Crippen molar-refractivity contribution in [1.82, 2.24) is 4.90 Å². The van der Waals surface area contributed by atoms with Crippen LogP contribution >= 0.6 is 15.9 Å². The Labute approximate surface area is 120 Å². The molecule has 1 aromatic rings. The highest BCUT2D eigenvalue weighted by Gasteiger charge is 2.19. The van der Waals surface area contributed by atoms with Crippen LogP contribution in [-0.2, 0) is 0 Å². The van der Waals surface area contributed by atoms with Crippen molar-refractivity contribution in [3.05, 3.63) is 28.5 Å². The van der Waals surface area contributed by atoms with Gasteiger partial charge in [-0.2, -0.15) is 0 Å². The lowest BCUT2D eigenvalue weighted by Gasteiger charge is -2.28. The molecule has 0 fully saturated rings. The first-order valence-corrected chi connectivity index (χ1v) is 6.81. The Kier molecular flexibility index (Phi) is 5.75. The third-order valence-electron chi connectivity index (χ3n) is 2.52. The zero-order valence-corrected chi connectivity index (χ0v) is 12.7. The molecule has 0 aliphatic carbocycles. The SMILES string of the molecule is CC(O)CN(C(=O)Nc1ccc(Br)c(F)c1)C(C)C. The monoisotopic (exact) mass is 332 g/mol. The molecule has 6 heteroatoms. The smallest absolute Gasteiger partial charge is 0.322 e. The summed E-state index contributed by atoms with van der Waals surface area (Å²) in [6, 6.07) is 3.95. The van der Waals surface area contributed by atoms with E-state index in [1.54, 1.807) is 13.0 Å². The third-order valence-corrected chi connectivity index (χ3v) is 3.16. The van der Waals surface area contributed by atoms with E-state index in [2.05, 4.69) is 21.2 Å². The van der Waals surface area contributed by atoms with Gasteiger partial charge in [-0.25, -0.2) is 9.18 Å². The molecule has 0 saturated carbocycles. The first-order valence-electron chi connectivity index (χ1n) is 6.02. The fourth-order valence-corrected chi connectivity index (χ4v) is 1.83. The largest absolute Gasteiger partial charge is 0.392 e. The Morgan fingerprint density at radius 2 is 2.11 bits per heavy atom. The van der Waals surface area contributed by atoms with Gasteiger partial charge in [0.1, 0.15) is 5.82 Å². The summed E-state index contributed by atoms with van der Waals surface area (Å²) in [7, 11) is 0. The summed E-state index contributed by atoms with van der Waals surface area (Å²) in [5, 5.41) is 12.0. The molecule has 2 amide bonds. The molecular weight excluding hydrogens is 315 g/mol. The van der Waals surface area contributed by atoms with Crippen molar-refractivity contribution < 1.29 is 14.3 Å². The second kappa shape index (κ2) is 6.86. The molecular formula is C13H18BrFN2O2. The minimum atomic E-state index is -0.616. The maximum atomic E-state index is 13.3. The number of hydrogen-bond donors (Lipinski definition) is 2. The quantitative estimate of drug-likeness (QED) is 0.889. The van der Waals surface area contributed by atoms with Crippen molar-refractivity contribution in [2.45, 2.75) is 32.9 Å². The molecule has 19 heavy (non-hydrogen) atoms. The Balaban J connectivity index is 2.78. The lowest BCUT2D eigenvalue weighted by Crippen LogP contribution is -2.43. The third kappa shape index (κ3) is 4.80. The number of carbonyl (C=O) groups excluding carboxylic acids is 1. The van der Waals surface area contributed by atoms with E-state index < -0.39 is 11.9 Å². The van der Waals surface area contributed by atoms with Gasteiger partial charge in [-0.1, -0.05) is 0 Å². The molecule has 1 rings (SSSR count). The Morgan fingerprint density at radius 3 is 2.58 bits per heavy atom. The predicted octanol–water partition coefficient (Wildman–Crippen LogP) is 3.21. The van der Waals surface area contributed by atoms with Crippen molar-refractivity contribution in [2.75, 3.05) is 11.9 Å². The van der Waals surface area contributed by atoms with Gasteiger partial charge in [0.15, 0.2) is 0 Å². The van der Waals surface area contributed by atoms with E-state index in [4.69, 9.17) is 0 Å². The molecule has 0 radical (unpaired) electrons. The minimum Gasteiger partial charge on any atom is -0.392 e. The molecule has 2 N–H and O–H groups in total. The van der Waals surface area contributed by atoms with Crippen LogP contribution < -0.4 is 5.32 Å². The van der Waals surface area contributed by atoms with Crippen LogP contribution in [0.4, 0.5) is 14.9 Å².